The van der Waals surface area contributed by atoms with Crippen molar-refractivity contribution in [1.82, 2.24) is 15.1 Å². The smallest absolute Gasteiger partial charge is 0.257 e. The van der Waals surface area contributed by atoms with Gasteiger partial charge < -0.3 is 25.5 Å². The highest BCUT2D eigenvalue weighted by Crippen LogP contribution is 2.28. The molecule has 0 saturated carbocycles. The lowest BCUT2D eigenvalue weighted by Crippen LogP contribution is -2.44. The fourth-order valence-electron chi connectivity index (χ4n) is 4.56. The van der Waals surface area contributed by atoms with Gasteiger partial charge in [0, 0.05) is 50.7 Å². The van der Waals surface area contributed by atoms with Crippen molar-refractivity contribution in [3.8, 4) is 5.75 Å². The third-order valence-electron chi connectivity index (χ3n) is 6.46. The molecule has 2 aromatic carbocycles. The van der Waals surface area contributed by atoms with Gasteiger partial charge in [-0.25, -0.2) is 0 Å². The Morgan fingerprint density at radius 1 is 1.21 bits per heavy atom. The molecule has 174 valence electrons. The van der Waals surface area contributed by atoms with Gasteiger partial charge in [-0.05, 0) is 42.2 Å². The molecule has 2 aliphatic rings. The van der Waals surface area contributed by atoms with Crippen molar-refractivity contribution in [1.29, 1.82) is 5.41 Å². The standard InChI is InChI=1S/C26H32N4O3/c1-18(28-2)24(14-27)20-7-8-23-25(13-20)33-12-11-30(26(23)32)17-22(31)16-29-10-9-19-5-3-4-6-21(19)15-29/h3-8,13-14,22,27-28,31H,9-12,15-17H2,1-2H3/b24-18+,27-14?. The van der Waals surface area contributed by atoms with E-state index in [-0.39, 0.29) is 12.5 Å². The predicted molar refractivity (Wildman–Crippen MR) is 130 cm³/mol. The second kappa shape index (κ2) is 10.2. The van der Waals surface area contributed by atoms with Crippen LogP contribution in [0.15, 0.2) is 48.2 Å². The minimum absolute atomic E-state index is 0.136. The van der Waals surface area contributed by atoms with E-state index in [2.05, 4.69) is 34.5 Å². The maximum absolute atomic E-state index is 13.2. The van der Waals surface area contributed by atoms with Crippen molar-refractivity contribution in [2.45, 2.75) is 26.0 Å². The predicted octanol–water partition coefficient (Wildman–Crippen LogP) is 2.54. The van der Waals surface area contributed by atoms with Gasteiger partial charge >= 0.3 is 0 Å². The number of β-amino-alcohol motifs (C(OH)–C–C–N with tert-alkyl or cyclic N) is 1. The zero-order chi connectivity index (χ0) is 23.4. The highest BCUT2D eigenvalue weighted by atomic mass is 16.5. The Bertz CT molecular complexity index is 1070. The van der Waals surface area contributed by atoms with Gasteiger partial charge in [-0.3, -0.25) is 9.69 Å². The van der Waals surface area contributed by atoms with Crippen LogP contribution in [-0.4, -0.2) is 73.0 Å². The number of allylic oxidation sites excluding steroid dienone is 2. The van der Waals surface area contributed by atoms with Gasteiger partial charge in [-0.2, -0.15) is 0 Å². The van der Waals surface area contributed by atoms with E-state index < -0.39 is 6.10 Å². The number of fused-ring (bicyclic) bond motifs is 2. The summed E-state index contributed by atoms with van der Waals surface area (Å²) in [6.07, 6.45) is 1.65. The summed E-state index contributed by atoms with van der Waals surface area (Å²) in [5, 5.41) is 21.6. The van der Waals surface area contributed by atoms with E-state index in [9.17, 15) is 9.90 Å². The minimum atomic E-state index is -0.634. The molecule has 1 unspecified atom stereocenters. The van der Waals surface area contributed by atoms with Gasteiger partial charge in [0.25, 0.3) is 5.91 Å². The van der Waals surface area contributed by atoms with Crippen molar-refractivity contribution in [3.05, 3.63) is 70.4 Å². The van der Waals surface area contributed by atoms with Gasteiger partial charge in [-0.15, -0.1) is 0 Å². The van der Waals surface area contributed by atoms with Crippen molar-refractivity contribution in [2.24, 2.45) is 0 Å². The highest BCUT2D eigenvalue weighted by molar-refractivity contribution is 6.10. The number of hydrogen-bond acceptors (Lipinski definition) is 6. The Morgan fingerprint density at radius 2 is 2.00 bits per heavy atom. The summed E-state index contributed by atoms with van der Waals surface area (Å²) in [6.45, 7) is 5.22. The van der Waals surface area contributed by atoms with Crippen LogP contribution in [-0.2, 0) is 13.0 Å². The summed E-state index contributed by atoms with van der Waals surface area (Å²) in [4.78, 5) is 17.2. The quantitative estimate of drug-likeness (QED) is 0.567. The average molecular weight is 449 g/mol. The molecule has 2 aliphatic heterocycles. The number of nitrogens with one attached hydrogen (secondary N) is 2. The molecule has 1 amide bonds. The zero-order valence-corrected chi connectivity index (χ0v) is 19.3. The van der Waals surface area contributed by atoms with E-state index >= 15 is 0 Å². The molecule has 0 radical (unpaired) electrons. The summed E-state index contributed by atoms with van der Waals surface area (Å²) in [5.74, 6) is 0.383. The van der Waals surface area contributed by atoms with Crippen LogP contribution in [0.25, 0.3) is 5.57 Å². The molecule has 0 fully saturated rings. The van der Waals surface area contributed by atoms with Gasteiger partial charge in [-0.1, -0.05) is 30.3 Å². The molecular formula is C26H32N4O3. The third-order valence-corrected chi connectivity index (χ3v) is 6.46. The number of ether oxygens (including phenoxy) is 1. The van der Waals surface area contributed by atoms with Crippen LogP contribution in [0.1, 0.15) is 34.0 Å². The van der Waals surface area contributed by atoms with E-state index in [0.717, 1.165) is 36.3 Å². The Labute approximate surface area is 195 Å². The first-order valence-electron chi connectivity index (χ1n) is 11.4. The van der Waals surface area contributed by atoms with Gasteiger partial charge in [0.15, 0.2) is 0 Å². The van der Waals surface area contributed by atoms with Crippen molar-refractivity contribution < 1.29 is 14.6 Å². The first-order valence-corrected chi connectivity index (χ1v) is 11.4. The first kappa shape index (κ1) is 23.0. The monoisotopic (exact) mass is 448 g/mol. The van der Waals surface area contributed by atoms with Crippen LogP contribution >= 0.6 is 0 Å². The fourth-order valence-corrected chi connectivity index (χ4v) is 4.56. The number of carbonyl (C=O) groups excluding carboxylic acids is 1. The lowest BCUT2D eigenvalue weighted by atomic mass is 9.99. The molecule has 2 aromatic rings. The van der Waals surface area contributed by atoms with Crippen LogP contribution in [0, 0.1) is 5.41 Å². The number of carbonyl (C=O) groups is 1. The Kier molecular flexibility index (Phi) is 7.11. The molecule has 0 saturated heterocycles. The number of aliphatic hydroxyl groups is 1. The molecular weight excluding hydrogens is 416 g/mol. The normalized spacial score (nSPS) is 17.8. The summed E-state index contributed by atoms with van der Waals surface area (Å²) in [5.41, 5.74) is 5.62. The fraction of sp³-hybridized carbons (Fsp3) is 0.385. The van der Waals surface area contributed by atoms with Gasteiger partial charge in [0.2, 0.25) is 0 Å². The average Bonchev–Trinajstić information content (AvgIpc) is 2.97. The Hall–Kier alpha value is -3.16. The molecule has 4 rings (SSSR count). The molecule has 2 heterocycles. The van der Waals surface area contributed by atoms with Crippen molar-refractivity contribution in [2.75, 3.05) is 39.8 Å². The molecule has 0 aliphatic carbocycles. The van der Waals surface area contributed by atoms with Crippen molar-refractivity contribution in [3.63, 3.8) is 0 Å². The van der Waals surface area contributed by atoms with E-state index in [0.29, 0.717) is 31.0 Å². The zero-order valence-electron chi connectivity index (χ0n) is 19.3. The molecule has 0 bridgehead atoms. The van der Waals surface area contributed by atoms with E-state index in [4.69, 9.17) is 10.1 Å². The highest BCUT2D eigenvalue weighted by Gasteiger charge is 2.27. The number of aliphatic hydroxyl groups excluding tert-OH is 1. The number of hydrogen-bond donors (Lipinski definition) is 3. The number of rotatable bonds is 7. The van der Waals surface area contributed by atoms with E-state index in [1.54, 1.807) is 11.0 Å². The lowest BCUT2D eigenvalue weighted by Gasteiger charge is -2.32. The molecule has 7 nitrogen and oxygen atoms in total. The minimum Gasteiger partial charge on any atom is -0.491 e. The Balaban J connectivity index is 1.43. The molecule has 33 heavy (non-hydrogen) atoms. The molecule has 1 atom stereocenters. The number of nitrogens with zero attached hydrogens (tertiary/aromatic N) is 2. The van der Waals surface area contributed by atoms with Crippen LogP contribution in [0.2, 0.25) is 0 Å². The van der Waals surface area contributed by atoms with Crippen molar-refractivity contribution >= 4 is 17.7 Å². The lowest BCUT2D eigenvalue weighted by molar-refractivity contribution is 0.0501. The maximum atomic E-state index is 13.2. The summed E-state index contributed by atoms with van der Waals surface area (Å²) < 4.78 is 5.90. The summed E-state index contributed by atoms with van der Waals surface area (Å²) in [7, 11) is 1.81. The van der Waals surface area contributed by atoms with Gasteiger partial charge in [0.05, 0.1) is 18.2 Å². The van der Waals surface area contributed by atoms with Gasteiger partial charge in [0.1, 0.15) is 12.4 Å². The second-order valence-electron chi connectivity index (χ2n) is 8.65. The molecule has 0 spiro atoms. The second-order valence-corrected chi connectivity index (χ2v) is 8.65. The third kappa shape index (κ3) is 5.10. The van der Waals surface area contributed by atoms with E-state index in [1.807, 2.05) is 26.1 Å². The number of amides is 1. The van der Waals surface area contributed by atoms with Crippen LogP contribution in [0.3, 0.4) is 0 Å². The van der Waals surface area contributed by atoms with Crippen LogP contribution < -0.4 is 10.1 Å². The largest absolute Gasteiger partial charge is 0.491 e. The molecule has 0 aromatic heterocycles. The van der Waals surface area contributed by atoms with Crippen LogP contribution in [0.5, 0.6) is 5.75 Å². The summed E-state index contributed by atoms with van der Waals surface area (Å²) in [6, 6.07) is 13.9. The topological polar surface area (TPSA) is 88.9 Å². The molecule has 3 N–H and O–H groups in total. The van der Waals surface area contributed by atoms with Crippen LogP contribution in [0.4, 0.5) is 0 Å². The summed E-state index contributed by atoms with van der Waals surface area (Å²) >= 11 is 0. The maximum Gasteiger partial charge on any atom is 0.257 e. The first-order chi connectivity index (χ1) is 16.0. The Morgan fingerprint density at radius 3 is 2.76 bits per heavy atom. The number of benzene rings is 2. The molecule has 7 heteroatoms. The SMILES string of the molecule is CN/C(C)=C(\C=N)c1ccc2c(c1)OCCN(CC(O)CN1CCc3ccccc3C1)C2=O. The van der Waals surface area contributed by atoms with E-state index in [1.165, 1.54) is 17.3 Å².